The predicted octanol–water partition coefficient (Wildman–Crippen LogP) is 1.92. The van der Waals surface area contributed by atoms with Crippen LogP contribution >= 0.6 is 11.3 Å². The van der Waals surface area contributed by atoms with Crippen LogP contribution in [0.1, 0.15) is 35.8 Å². The van der Waals surface area contributed by atoms with Crippen LogP contribution in [0, 0.1) is 6.92 Å². The highest BCUT2D eigenvalue weighted by Gasteiger charge is 2.08. The number of aryl methyl sites for hydroxylation is 1. The highest BCUT2D eigenvalue weighted by molar-refractivity contribution is 7.09. The summed E-state index contributed by atoms with van der Waals surface area (Å²) in [5, 5.41) is 10.2. The van der Waals surface area contributed by atoms with E-state index in [0.29, 0.717) is 24.7 Å². The van der Waals surface area contributed by atoms with E-state index in [4.69, 9.17) is 4.52 Å². The third-order valence-corrected chi connectivity index (χ3v) is 3.16. The Labute approximate surface area is 104 Å². The van der Waals surface area contributed by atoms with Crippen LogP contribution in [0.2, 0.25) is 0 Å². The molecule has 0 atom stereocenters. The van der Waals surface area contributed by atoms with Crippen LogP contribution in [0.25, 0.3) is 0 Å². The summed E-state index contributed by atoms with van der Waals surface area (Å²) < 4.78 is 5.14. The van der Waals surface area contributed by atoms with Crippen LogP contribution in [0.5, 0.6) is 0 Å². The van der Waals surface area contributed by atoms with Gasteiger partial charge in [0.25, 0.3) is 0 Å². The summed E-state index contributed by atoms with van der Waals surface area (Å²) in [5.74, 6) is 1.34. The molecule has 0 fully saturated rings. The smallest absolute Gasteiger partial charge is 0.240 e. The van der Waals surface area contributed by atoms with E-state index in [-0.39, 0.29) is 0 Å². The van der Waals surface area contributed by atoms with Gasteiger partial charge in [-0.2, -0.15) is 4.98 Å². The van der Waals surface area contributed by atoms with E-state index in [9.17, 15) is 0 Å². The predicted molar refractivity (Wildman–Crippen MR) is 66.0 cm³/mol. The topological polar surface area (TPSA) is 63.8 Å². The van der Waals surface area contributed by atoms with E-state index >= 15 is 0 Å². The summed E-state index contributed by atoms with van der Waals surface area (Å²) in [6, 6.07) is 0. The molecule has 5 nitrogen and oxygen atoms in total. The van der Waals surface area contributed by atoms with E-state index in [1.165, 1.54) is 0 Å². The number of nitrogens with one attached hydrogen (secondary N) is 1. The summed E-state index contributed by atoms with van der Waals surface area (Å²) in [5.41, 5.74) is 1.04. The highest BCUT2D eigenvalue weighted by atomic mass is 32.1. The molecule has 0 spiro atoms. The van der Waals surface area contributed by atoms with Crippen molar-refractivity contribution in [1.29, 1.82) is 0 Å². The van der Waals surface area contributed by atoms with Gasteiger partial charge in [-0.3, -0.25) is 0 Å². The molecule has 0 radical (unpaired) electrons. The molecule has 17 heavy (non-hydrogen) atoms. The van der Waals surface area contributed by atoms with Gasteiger partial charge in [0.2, 0.25) is 5.89 Å². The first-order valence-corrected chi connectivity index (χ1v) is 6.59. The van der Waals surface area contributed by atoms with Crippen LogP contribution in [-0.4, -0.2) is 21.7 Å². The lowest BCUT2D eigenvalue weighted by atomic mass is 10.4. The average Bonchev–Trinajstić information content (AvgIpc) is 2.90. The molecule has 0 unspecified atom stereocenters. The van der Waals surface area contributed by atoms with Crippen LogP contribution in [0.3, 0.4) is 0 Å². The lowest BCUT2D eigenvalue weighted by molar-refractivity contribution is 0.363. The zero-order chi connectivity index (χ0) is 12.1. The maximum atomic E-state index is 5.14. The quantitative estimate of drug-likeness (QED) is 0.796. The second-order valence-electron chi connectivity index (χ2n) is 3.84. The largest absolute Gasteiger partial charge is 0.338 e. The third kappa shape index (κ3) is 3.61. The van der Waals surface area contributed by atoms with E-state index in [0.717, 1.165) is 23.7 Å². The number of hydrogen-bond acceptors (Lipinski definition) is 6. The number of nitrogens with zero attached hydrogens (tertiary/aromatic N) is 3. The maximum Gasteiger partial charge on any atom is 0.240 e. The van der Waals surface area contributed by atoms with Crippen LogP contribution < -0.4 is 5.32 Å². The van der Waals surface area contributed by atoms with Crippen LogP contribution in [0.4, 0.5) is 0 Å². The van der Waals surface area contributed by atoms with Gasteiger partial charge in [0, 0.05) is 11.1 Å². The van der Waals surface area contributed by atoms with Gasteiger partial charge in [0.15, 0.2) is 5.82 Å². The molecule has 0 aromatic carbocycles. The van der Waals surface area contributed by atoms with Crippen molar-refractivity contribution in [2.24, 2.45) is 0 Å². The fraction of sp³-hybridized carbons (Fsp3) is 0.545. The first-order valence-electron chi connectivity index (χ1n) is 5.71. The zero-order valence-electron chi connectivity index (χ0n) is 10.1. The van der Waals surface area contributed by atoms with Crippen LogP contribution in [0.15, 0.2) is 9.90 Å². The van der Waals surface area contributed by atoms with Crippen molar-refractivity contribution in [3.8, 4) is 0 Å². The minimum atomic E-state index is 0.637. The summed E-state index contributed by atoms with van der Waals surface area (Å²) in [7, 11) is 0. The van der Waals surface area contributed by atoms with Gasteiger partial charge in [-0.15, -0.1) is 11.3 Å². The van der Waals surface area contributed by atoms with Crippen LogP contribution in [-0.2, 0) is 13.0 Å². The number of thiazole rings is 1. The summed E-state index contributed by atoms with van der Waals surface area (Å²) in [4.78, 5) is 8.68. The Morgan fingerprint density at radius 3 is 3.00 bits per heavy atom. The normalized spacial score (nSPS) is 10.9. The Morgan fingerprint density at radius 2 is 2.29 bits per heavy atom. The van der Waals surface area contributed by atoms with Gasteiger partial charge in [-0.1, -0.05) is 12.1 Å². The molecule has 2 heterocycles. The van der Waals surface area contributed by atoms with Gasteiger partial charge in [-0.05, 0) is 19.9 Å². The van der Waals surface area contributed by atoms with Crippen molar-refractivity contribution in [2.45, 2.75) is 33.2 Å². The van der Waals surface area contributed by atoms with Crippen molar-refractivity contribution >= 4 is 11.3 Å². The summed E-state index contributed by atoms with van der Waals surface area (Å²) in [6.07, 6.45) is 1.75. The SMILES string of the molecule is CCCNCc1nc(Cc2nc(C)cs2)no1. The van der Waals surface area contributed by atoms with Crippen molar-refractivity contribution in [3.63, 3.8) is 0 Å². The minimum Gasteiger partial charge on any atom is -0.338 e. The molecule has 0 bridgehead atoms. The number of hydrogen-bond donors (Lipinski definition) is 1. The first-order chi connectivity index (χ1) is 8.28. The second kappa shape index (κ2) is 5.88. The molecular formula is C11H16N4OS. The molecule has 92 valence electrons. The molecule has 0 aliphatic carbocycles. The molecule has 0 aliphatic heterocycles. The maximum absolute atomic E-state index is 5.14. The number of aromatic nitrogens is 3. The van der Waals surface area contributed by atoms with E-state index < -0.39 is 0 Å². The Kier molecular flexibility index (Phi) is 4.22. The van der Waals surface area contributed by atoms with Gasteiger partial charge < -0.3 is 9.84 Å². The Morgan fingerprint density at radius 1 is 1.41 bits per heavy atom. The second-order valence-corrected chi connectivity index (χ2v) is 4.78. The van der Waals surface area contributed by atoms with Crippen molar-refractivity contribution in [3.05, 3.63) is 27.8 Å². The highest BCUT2D eigenvalue weighted by Crippen LogP contribution is 2.12. The van der Waals surface area contributed by atoms with Crippen molar-refractivity contribution in [1.82, 2.24) is 20.4 Å². The molecule has 6 heteroatoms. The molecule has 0 amide bonds. The van der Waals surface area contributed by atoms with E-state index in [1.807, 2.05) is 12.3 Å². The van der Waals surface area contributed by atoms with Crippen molar-refractivity contribution in [2.75, 3.05) is 6.54 Å². The summed E-state index contributed by atoms with van der Waals surface area (Å²) >= 11 is 1.63. The number of rotatable bonds is 6. The Balaban J connectivity index is 1.89. The molecule has 0 aliphatic rings. The molecular weight excluding hydrogens is 236 g/mol. The standard InChI is InChI=1S/C11H16N4OS/c1-3-4-12-6-10-14-9(15-16-10)5-11-13-8(2)7-17-11/h7,12H,3-6H2,1-2H3. The minimum absolute atomic E-state index is 0.637. The Bertz CT molecular complexity index is 465. The molecule has 0 saturated heterocycles. The van der Waals surface area contributed by atoms with Gasteiger partial charge >= 0.3 is 0 Å². The fourth-order valence-electron chi connectivity index (χ4n) is 1.43. The average molecular weight is 252 g/mol. The summed E-state index contributed by atoms with van der Waals surface area (Å²) in [6.45, 7) is 5.70. The molecule has 2 aromatic rings. The van der Waals surface area contributed by atoms with E-state index in [2.05, 4.69) is 27.4 Å². The lowest BCUT2D eigenvalue weighted by Gasteiger charge is -1.95. The molecule has 2 rings (SSSR count). The van der Waals surface area contributed by atoms with Gasteiger partial charge in [0.1, 0.15) is 5.01 Å². The molecule has 1 N–H and O–H groups in total. The van der Waals surface area contributed by atoms with E-state index in [1.54, 1.807) is 11.3 Å². The Hall–Kier alpha value is -1.27. The lowest BCUT2D eigenvalue weighted by Crippen LogP contribution is -2.13. The van der Waals surface area contributed by atoms with Gasteiger partial charge in [0.05, 0.1) is 13.0 Å². The van der Waals surface area contributed by atoms with Gasteiger partial charge in [-0.25, -0.2) is 4.98 Å². The molecule has 2 aromatic heterocycles. The van der Waals surface area contributed by atoms with Crippen molar-refractivity contribution < 1.29 is 4.52 Å². The molecule has 0 saturated carbocycles. The first kappa shape index (κ1) is 12.2. The zero-order valence-corrected chi connectivity index (χ0v) is 10.9. The monoisotopic (exact) mass is 252 g/mol. The fourth-order valence-corrected chi connectivity index (χ4v) is 2.19. The third-order valence-electron chi connectivity index (χ3n) is 2.19.